The molecule has 0 aromatic carbocycles. The van der Waals surface area contributed by atoms with Crippen LogP contribution in [0.25, 0.3) is 5.52 Å². The Kier molecular flexibility index (Phi) is 3.27. The van der Waals surface area contributed by atoms with Crippen LogP contribution in [0.2, 0.25) is 0 Å². The van der Waals surface area contributed by atoms with Gasteiger partial charge in [-0.2, -0.15) is 5.10 Å². The van der Waals surface area contributed by atoms with Crippen LogP contribution < -0.4 is 11.3 Å². The van der Waals surface area contributed by atoms with E-state index >= 15 is 0 Å². The Labute approximate surface area is 86.6 Å². The number of rotatable bonds is 2. The SMILES string of the molecule is Cl.NCCn1ccn2nccc2c1=O. The van der Waals surface area contributed by atoms with E-state index in [1.54, 1.807) is 33.7 Å². The van der Waals surface area contributed by atoms with E-state index in [4.69, 9.17) is 5.73 Å². The maximum absolute atomic E-state index is 11.6. The minimum atomic E-state index is -0.0505. The summed E-state index contributed by atoms with van der Waals surface area (Å²) in [5, 5.41) is 3.95. The summed E-state index contributed by atoms with van der Waals surface area (Å²) >= 11 is 0. The first kappa shape index (κ1) is 10.7. The summed E-state index contributed by atoms with van der Waals surface area (Å²) in [6, 6.07) is 1.69. The fourth-order valence-electron chi connectivity index (χ4n) is 1.28. The van der Waals surface area contributed by atoms with Crippen molar-refractivity contribution in [1.29, 1.82) is 0 Å². The van der Waals surface area contributed by atoms with Gasteiger partial charge < -0.3 is 10.3 Å². The van der Waals surface area contributed by atoms with Crippen molar-refractivity contribution in [2.75, 3.05) is 6.54 Å². The zero-order valence-corrected chi connectivity index (χ0v) is 8.28. The zero-order chi connectivity index (χ0) is 9.26. The highest BCUT2D eigenvalue weighted by atomic mass is 35.5. The Hall–Kier alpha value is -1.33. The lowest BCUT2D eigenvalue weighted by Gasteiger charge is -2.02. The van der Waals surface area contributed by atoms with E-state index < -0.39 is 0 Å². The number of nitrogens with zero attached hydrogens (tertiary/aromatic N) is 3. The second-order valence-corrected chi connectivity index (χ2v) is 2.75. The third-order valence-corrected chi connectivity index (χ3v) is 1.91. The van der Waals surface area contributed by atoms with Gasteiger partial charge in [-0.25, -0.2) is 4.52 Å². The molecule has 0 saturated carbocycles. The molecule has 76 valence electrons. The molecule has 2 aromatic heterocycles. The molecule has 6 heteroatoms. The van der Waals surface area contributed by atoms with Gasteiger partial charge in [0.15, 0.2) is 0 Å². The third-order valence-electron chi connectivity index (χ3n) is 1.91. The number of aromatic nitrogens is 3. The molecule has 2 heterocycles. The Morgan fingerprint density at radius 1 is 1.43 bits per heavy atom. The van der Waals surface area contributed by atoms with Crippen LogP contribution in [0.4, 0.5) is 0 Å². The van der Waals surface area contributed by atoms with Crippen molar-refractivity contribution in [1.82, 2.24) is 14.2 Å². The molecule has 0 spiro atoms. The van der Waals surface area contributed by atoms with Gasteiger partial charge in [0.2, 0.25) is 0 Å². The van der Waals surface area contributed by atoms with Crippen LogP contribution in [0.15, 0.2) is 29.5 Å². The molecule has 0 unspecified atom stereocenters. The van der Waals surface area contributed by atoms with E-state index in [-0.39, 0.29) is 18.0 Å². The lowest BCUT2D eigenvalue weighted by molar-refractivity contribution is 0.673. The van der Waals surface area contributed by atoms with Gasteiger partial charge in [0, 0.05) is 25.5 Å². The summed E-state index contributed by atoms with van der Waals surface area (Å²) in [5.74, 6) is 0. The fourth-order valence-corrected chi connectivity index (χ4v) is 1.28. The highest BCUT2D eigenvalue weighted by molar-refractivity contribution is 5.85. The second-order valence-electron chi connectivity index (χ2n) is 2.75. The fraction of sp³-hybridized carbons (Fsp3) is 0.250. The lowest BCUT2D eigenvalue weighted by Crippen LogP contribution is -2.24. The third kappa shape index (κ3) is 1.64. The molecule has 0 radical (unpaired) electrons. The molecule has 0 saturated heterocycles. The Balaban J connectivity index is 0.000000980. The molecule has 2 N–H and O–H groups in total. The van der Waals surface area contributed by atoms with E-state index in [0.717, 1.165) is 0 Å². The highest BCUT2D eigenvalue weighted by Crippen LogP contribution is 1.93. The standard InChI is InChI=1S/C8H10N4O.ClH/c9-2-4-11-5-6-12-7(8(11)13)1-3-10-12;/h1,3,5-6H,2,4,9H2;1H. The molecule has 0 aliphatic rings. The van der Waals surface area contributed by atoms with Crippen molar-refractivity contribution in [3.05, 3.63) is 35.0 Å². The minimum Gasteiger partial charge on any atom is -0.329 e. The number of hydrogen-bond acceptors (Lipinski definition) is 3. The average molecular weight is 215 g/mol. The zero-order valence-electron chi connectivity index (χ0n) is 7.46. The molecular formula is C8H11ClN4O. The van der Waals surface area contributed by atoms with Crippen LogP contribution in [0.3, 0.4) is 0 Å². The van der Waals surface area contributed by atoms with Gasteiger partial charge in [0.05, 0.1) is 6.20 Å². The van der Waals surface area contributed by atoms with Gasteiger partial charge in [-0.3, -0.25) is 4.79 Å². The Morgan fingerprint density at radius 3 is 2.93 bits per heavy atom. The second kappa shape index (κ2) is 4.26. The molecule has 0 atom stereocenters. The predicted octanol–water partition coefficient (Wildman–Crippen LogP) is -0.124. The van der Waals surface area contributed by atoms with Gasteiger partial charge in [-0.1, -0.05) is 0 Å². The van der Waals surface area contributed by atoms with E-state index in [1.807, 2.05) is 0 Å². The summed E-state index contributed by atoms with van der Waals surface area (Å²) in [5.41, 5.74) is 5.90. The summed E-state index contributed by atoms with van der Waals surface area (Å²) in [7, 11) is 0. The largest absolute Gasteiger partial charge is 0.329 e. The first-order chi connectivity index (χ1) is 6.33. The van der Waals surface area contributed by atoms with E-state index in [0.29, 0.717) is 18.6 Å². The van der Waals surface area contributed by atoms with Crippen LogP contribution in [-0.2, 0) is 6.54 Å². The average Bonchev–Trinajstić information content (AvgIpc) is 2.58. The maximum Gasteiger partial charge on any atom is 0.276 e. The molecule has 14 heavy (non-hydrogen) atoms. The first-order valence-corrected chi connectivity index (χ1v) is 4.06. The van der Waals surface area contributed by atoms with Crippen LogP contribution in [0.1, 0.15) is 0 Å². The summed E-state index contributed by atoms with van der Waals surface area (Å²) in [6.07, 6.45) is 5.03. The summed E-state index contributed by atoms with van der Waals surface area (Å²) < 4.78 is 3.13. The van der Waals surface area contributed by atoms with Gasteiger partial charge >= 0.3 is 0 Å². The number of halogens is 1. The van der Waals surface area contributed by atoms with Crippen molar-refractivity contribution in [2.45, 2.75) is 6.54 Å². The van der Waals surface area contributed by atoms with Crippen molar-refractivity contribution in [2.24, 2.45) is 5.73 Å². The Bertz CT molecular complexity index is 475. The van der Waals surface area contributed by atoms with Crippen molar-refractivity contribution >= 4 is 17.9 Å². The monoisotopic (exact) mass is 214 g/mol. The number of fused-ring (bicyclic) bond motifs is 1. The topological polar surface area (TPSA) is 65.3 Å². The number of hydrogen-bond donors (Lipinski definition) is 1. The molecule has 0 fully saturated rings. The van der Waals surface area contributed by atoms with Crippen LogP contribution in [0, 0.1) is 0 Å². The Morgan fingerprint density at radius 2 is 2.21 bits per heavy atom. The quantitative estimate of drug-likeness (QED) is 0.758. The molecule has 2 aromatic rings. The summed E-state index contributed by atoms with van der Waals surface area (Å²) in [4.78, 5) is 11.6. The lowest BCUT2D eigenvalue weighted by atomic mass is 10.5. The van der Waals surface area contributed by atoms with Crippen molar-refractivity contribution in [3.63, 3.8) is 0 Å². The van der Waals surface area contributed by atoms with Crippen LogP contribution >= 0.6 is 12.4 Å². The van der Waals surface area contributed by atoms with Crippen LogP contribution in [-0.4, -0.2) is 20.7 Å². The number of nitrogens with two attached hydrogens (primary N) is 1. The molecule has 0 aliphatic heterocycles. The normalized spacial score (nSPS) is 10.1. The van der Waals surface area contributed by atoms with Gasteiger partial charge in [-0.05, 0) is 6.07 Å². The maximum atomic E-state index is 11.6. The molecule has 0 bridgehead atoms. The molecule has 5 nitrogen and oxygen atoms in total. The predicted molar refractivity (Wildman–Crippen MR) is 55.8 cm³/mol. The molecule has 0 aliphatic carbocycles. The van der Waals surface area contributed by atoms with Crippen molar-refractivity contribution in [3.8, 4) is 0 Å². The van der Waals surface area contributed by atoms with Gasteiger partial charge in [0.1, 0.15) is 5.52 Å². The smallest absolute Gasteiger partial charge is 0.276 e. The highest BCUT2D eigenvalue weighted by Gasteiger charge is 2.00. The van der Waals surface area contributed by atoms with Gasteiger partial charge in [-0.15, -0.1) is 12.4 Å². The minimum absolute atomic E-state index is 0. The van der Waals surface area contributed by atoms with E-state index in [2.05, 4.69) is 5.10 Å². The van der Waals surface area contributed by atoms with Crippen LogP contribution in [0.5, 0.6) is 0 Å². The molecule has 2 rings (SSSR count). The van der Waals surface area contributed by atoms with Gasteiger partial charge in [0.25, 0.3) is 5.56 Å². The van der Waals surface area contributed by atoms with E-state index in [1.165, 1.54) is 0 Å². The molecular weight excluding hydrogens is 204 g/mol. The van der Waals surface area contributed by atoms with Crippen molar-refractivity contribution < 1.29 is 0 Å². The first-order valence-electron chi connectivity index (χ1n) is 4.06. The molecule has 0 amide bonds. The van der Waals surface area contributed by atoms with E-state index in [9.17, 15) is 4.79 Å². The summed E-state index contributed by atoms with van der Waals surface area (Å²) in [6.45, 7) is 1.00.